The van der Waals surface area contributed by atoms with Crippen LogP contribution in [-0.4, -0.2) is 16.2 Å². The van der Waals surface area contributed by atoms with Gasteiger partial charge < -0.3 is 9.52 Å². The van der Waals surface area contributed by atoms with Gasteiger partial charge in [0.15, 0.2) is 11.5 Å². The van der Waals surface area contributed by atoms with E-state index < -0.39 is 0 Å². The molecule has 0 aliphatic heterocycles. The Kier molecular flexibility index (Phi) is 4.14. The third-order valence-corrected chi connectivity index (χ3v) is 4.23. The van der Waals surface area contributed by atoms with Gasteiger partial charge in [0, 0.05) is 4.88 Å². The Labute approximate surface area is 121 Å². The molecule has 2 aromatic heterocycles. The topological polar surface area (TPSA) is 46.3 Å². The molecule has 1 N–H and O–H groups in total. The first-order valence-corrected chi connectivity index (χ1v) is 7.74. The molecule has 0 fully saturated rings. The van der Waals surface area contributed by atoms with Crippen molar-refractivity contribution >= 4 is 22.4 Å². The van der Waals surface area contributed by atoms with Crippen LogP contribution in [0.4, 0.5) is 0 Å². The second-order valence-electron chi connectivity index (χ2n) is 4.90. The number of aliphatic hydroxyl groups excluding tert-OH is 1. The van der Waals surface area contributed by atoms with Crippen LogP contribution in [0.3, 0.4) is 0 Å². The van der Waals surface area contributed by atoms with E-state index in [9.17, 15) is 5.11 Å². The summed E-state index contributed by atoms with van der Waals surface area (Å²) in [5.74, 6) is 0.620. The highest BCUT2D eigenvalue weighted by Crippen LogP contribution is 2.18. The Balaban J connectivity index is 1.51. The molecule has 4 heteroatoms. The molecule has 1 aromatic carbocycles. The summed E-state index contributed by atoms with van der Waals surface area (Å²) in [6, 6.07) is 11.9. The van der Waals surface area contributed by atoms with Crippen molar-refractivity contribution in [2.24, 2.45) is 0 Å². The van der Waals surface area contributed by atoms with Crippen LogP contribution in [0.2, 0.25) is 0 Å². The zero-order valence-corrected chi connectivity index (χ0v) is 12.0. The van der Waals surface area contributed by atoms with Gasteiger partial charge in [0.25, 0.3) is 0 Å². The van der Waals surface area contributed by atoms with Crippen LogP contribution in [0.5, 0.6) is 0 Å². The number of benzene rings is 1. The van der Waals surface area contributed by atoms with E-state index in [-0.39, 0.29) is 6.10 Å². The number of aryl methyl sites for hydroxylation is 1. The maximum atomic E-state index is 10.1. The highest BCUT2D eigenvalue weighted by atomic mass is 32.1. The first-order chi connectivity index (χ1) is 9.81. The molecule has 0 saturated carbocycles. The first-order valence-electron chi connectivity index (χ1n) is 6.86. The monoisotopic (exact) mass is 287 g/mol. The zero-order chi connectivity index (χ0) is 13.8. The summed E-state index contributed by atoms with van der Waals surface area (Å²) in [5.41, 5.74) is 1.64. The van der Waals surface area contributed by atoms with Gasteiger partial charge in [-0.05, 0) is 42.8 Å². The van der Waals surface area contributed by atoms with Crippen LogP contribution in [0.15, 0.2) is 46.2 Å². The lowest BCUT2D eigenvalue weighted by Crippen LogP contribution is -2.10. The van der Waals surface area contributed by atoms with Crippen LogP contribution in [0, 0.1) is 0 Å². The second kappa shape index (κ2) is 6.20. The summed E-state index contributed by atoms with van der Waals surface area (Å²) in [4.78, 5) is 5.76. The Morgan fingerprint density at radius 2 is 2.10 bits per heavy atom. The average molecular weight is 287 g/mol. The number of thiophene rings is 1. The van der Waals surface area contributed by atoms with Gasteiger partial charge in [-0.15, -0.1) is 11.3 Å². The summed E-state index contributed by atoms with van der Waals surface area (Å²) in [6.07, 6.45) is 2.89. The molecule has 0 saturated heterocycles. The largest absolute Gasteiger partial charge is 0.441 e. The molecule has 20 heavy (non-hydrogen) atoms. The predicted octanol–water partition coefficient (Wildman–Crippen LogP) is 3.82. The van der Waals surface area contributed by atoms with Gasteiger partial charge in [0.1, 0.15) is 5.52 Å². The van der Waals surface area contributed by atoms with Crippen molar-refractivity contribution in [2.75, 3.05) is 0 Å². The SMILES string of the molecule is OC(CCCc1cccs1)Cc1nc2ccccc2o1. The van der Waals surface area contributed by atoms with E-state index in [2.05, 4.69) is 22.5 Å². The van der Waals surface area contributed by atoms with E-state index in [1.54, 1.807) is 11.3 Å². The van der Waals surface area contributed by atoms with Crippen molar-refractivity contribution < 1.29 is 9.52 Å². The lowest BCUT2D eigenvalue weighted by Gasteiger charge is -2.07. The first kappa shape index (κ1) is 13.3. The molecule has 0 aliphatic carbocycles. The summed E-state index contributed by atoms with van der Waals surface area (Å²) < 4.78 is 5.62. The molecule has 0 bridgehead atoms. The highest BCUT2D eigenvalue weighted by Gasteiger charge is 2.11. The lowest BCUT2D eigenvalue weighted by molar-refractivity contribution is 0.154. The summed E-state index contributed by atoms with van der Waals surface area (Å²) in [6.45, 7) is 0. The fraction of sp³-hybridized carbons (Fsp3) is 0.312. The summed E-state index contributed by atoms with van der Waals surface area (Å²) in [7, 11) is 0. The molecule has 1 unspecified atom stereocenters. The molecule has 2 heterocycles. The lowest BCUT2D eigenvalue weighted by atomic mass is 10.1. The number of aliphatic hydroxyl groups is 1. The van der Waals surface area contributed by atoms with Crippen LogP contribution < -0.4 is 0 Å². The molecular weight excluding hydrogens is 270 g/mol. The Bertz CT molecular complexity index is 627. The van der Waals surface area contributed by atoms with E-state index in [1.165, 1.54) is 4.88 Å². The Morgan fingerprint density at radius 3 is 2.90 bits per heavy atom. The molecule has 3 nitrogen and oxygen atoms in total. The molecule has 3 aromatic rings. The predicted molar refractivity (Wildman–Crippen MR) is 81.0 cm³/mol. The molecule has 3 rings (SSSR count). The number of para-hydroxylation sites is 2. The minimum atomic E-state index is -0.386. The molecule has 0 spiro atoms. The number of rotatable bonds is 6. The number of nitrogens with zero attached hydrogens (tertiary/aromatic N) is 1. The minimum Gasteiger partial charge on any atom is -0.441 e. The van der Waals surface area contributed by atoms with Gasteiger partial charge in [0.2, 0.25) is 0 Å². The molecule has 0 amide bonds. The summed E-state index contributed by atoms with van der Waals surface area (Å²) in [5, 5.41) is 12.1. The van der Waals surface area contributed by atoms with Crippen LogP contribution >= 0.6 is 11.3 Å². The molecule has 0 aliphatic rings. The Morgan fingerprint density at radius 1 is 1.20 bits per heavy atom. The molecule has 0 radical (unpaired) electrons. The number of aromatic nitrogens is 1. The van der Waals surface area contributed by atoms with Gasteiger partial charge in [0.05, 0.1) is 12.5 Å². The van der Waals surface area contributed by atoms with Crippen molar-refractivity contribution in [1.29, 1.82) is 0 Å². The minimum absolute atomic E-state index is 0.386. The van der Waals surface area contributed by atoms with Gasteiger partial charge in [-0.3, -0.25) is 0 Å². The average Bonchev–Trinajstić information content (AvgIpc) is 3.06. The van der Waals surface area contributed by atoms with Gasteiger partial charge in [-0.25, -0.2) is 4.98 Å². The molecular formula is C16H17NO2S. The van der Waals surface area contributed by atoms with E-state index in [4.69, 9.17) is 4.42 Å². The summed E-state index contributed by atoms with van der Waals surface area (Å²) >= 11 is 1.77. The molecule has 104 valence electrons. The van der Waals surface area contributed by atoms with E-state index in [0.717, 1.165) is 30.4 Å². The standard InChI is InChI=1S/C16H17NO2S/c18-12(5-3-6-13-7-4-10-20-13)11-16-17-14-8-1-2-9-15(14)19-16/h1-2,4,7-10,12,18H,3,5-6,11H2. The zero-order valence-electron chi connectivity index (χ0n) is 11.2. The normalized spacial score (nSPS) is 12.8. The quantitative estimate of drug-likeness (QED) is 0.749. The van der Waals surface area contributed by atoms with E-state index >= 15 is 0 Å². The van der Waals surface area contributed by atoms with Crippen molar-refractivity contribution in [2.45, 2.75) is 31.8 Å². The second-order valence-corrected chi connectivity index (χ2v) is 5.94. The number of oxazole rings is 1. The fourth-order valence-corrected chi connectivity index (χ4v) is 3.03. The Hall–Kier alpha value is -1.65. The van der Waals surface area contributed by atoms with Crippen LogP contribution in [-0.2, 0) is 12.8 Å². The highest BCUT2D eigenvalue weighted by molar-refractivity contribution is 7.09. The number of hydrogen-bond donors (Lipinski definition) is 1. The van der Waals surface area contributed by atoms with Crippen LogP contribution in [0.25, 0.3) is 11.1 Å². The third-order valence-electron chi connectivity index (χ3n) is 3.29. The van der Waals surface area contributed by atoms with Crippen molar-refractivity contribution in [3.05, 3.63) is 52.5 Å². The number of fused-ring (bicyclic) bond motifs is 1. The van der Waals surface area contributed by atoms with Gasteiger partial charge in [-0.1, -0.05) is 18.2 Å². The van der Waals surface area contributed by atoms with Gasteiger partial charge >= 0.3 is 0 Å². The van der Waals surface area contributed by atoms with Crippen molar-refractivity contribution in [3.8, 4) is 0 Å². The van der Waals surface area contributed by atoms with Gasteiger partial charge in [-0.2, -0.15) is 0 Å². The van der Waals surface area contributed by atoms with Crippen LogP contribution in [0.1, 0.15) is 23.6 Å². The number of hydrogen-bond acceptors (Lipinski definition) is 4. The van der Waals surface area contributed by atoms with Crippen molar-refractivity contribution in [1.82, 2.24) is 4.98 Å². The maximum Gasteiger partial charge on any atom is 0.198 e. The van der Waals surface area contributed by atoms with E-state index in [0.29, 0.717) is 12.3 Å². The molecule has 1 atom stereocenters. The third kappa shape index (κ3) is 3.26. The maximum absolute atomic E-state index is 10.1. The smallest absolute Gasteiger partial charge is 0.198 e. The van der Waals surface area contributed by atoms with E-state index in [1.807, 2.05) is 24.3 Å². The fourth-order valence-electron chi connectivity index (χ4n) is 2.28. The van der Waals surface area contributed by atoms with Crippen molar-refractivity contribution in [3.63, 3.8) is 0 Å².